The highest BCUT2D eigenvalue weighted by Crippen LogP contribution is 2.37. The van der Waals surface area contributed by atoms with Crippen LogP contribution in [-0.2, 0) is 57.0 Å². The molecular formula is C68H124N2O28. The minimum atomic E-state index is -2.21. The number of aliphatic hydroxyl groups is 16. The van der Waals surface area contributed by atoms with Gasteiger partial charge in [-0.15, -0.1) is 0 Å². The lowest BCUT2D eigenvalue weighted by molar-refractivity contribution is -0.390. The molecule has 0 aliphatic carbocycles. The van der Waals surface area contributed by atoms with Crippen LogP contribution in [0.2, 0.25) is 0 Å². The molecule has 10 unspecified atom stereocenters. The van der Waals surface area contributed by atoms with Crippen molar-refractivity contribution in [3.8, 4) is 0 Å². The largest absolute Gasteiger partial charge is 0.394 e. The molecule has 0 aromatic heterocycles. The second kappa shape index (κ2) is 47.2. The van der Waals surface area contributed by atoms with E-state index in [-0.39, 0.29) is 12.3 Å². The monoisotopic (exact) mass is 1420 g/mol. The number of rotatable bonds is 48. The van der Waals surface area contributed by atoms with Gasteiger partial charge in [0.2, 0.25) is 11.8 Å². The molecule has 30 heteroatoms. The number of hydrogen-bond donors (Lipinski definition) is 18. The van der Waals surface area contributed by atoms with Gasteiger partial charge in [0.1, 0.15) is 122 Å². The number of carbonyl (C=O) groups is 2. The van der Waals surface area contributed by atoms with Gasteiger partial charge in [0.25, 0.3) is 0 Å². The van der Waals surface area contributed by atoms with Crippen molar-refractivity contribution in [3.05, 3.63) is 12.2 Å². The maximum absolute atomic E-state index is 13.5. The van der Waals surface area contributed by atoms with Crippen molar-refractivity contribution >= 4 is 11.8 Å². The number of aliphatic hydroxyl groups excluding tert-OH is 16. The zero-order valence-electron chi connectivity index (χ0n) is 57.8. The number of carbonyl (C=O) groups excluding carboxylic acids is 2. The molecule has 5 rings (SSSR count). The fourth-order valence-corrected chi connectivity index (χ4v) is 13.2. The minimum Gasteiger partial charge on any atom is -0.394 e. The van der Waals surface area contributed by atoms with E-state index in [0.29, 0.717) is 12.8 Å². The van der Waals surface area contributed by atoms with Gasteiger partial charge in [-0.25, -0.2) is 0 Å². The molecule has 0 bridgehead atoms. The van der Waals surface area contributed by atoms with Gasteiger partial charge < -0.3 is 140 Å². The van der Waals surface area contributed by atoms with E-state index in [1.165, 1.54) is 109 Å². The fraction of sp³-hybridized carbons (Fsp3) is 0.941. The summed E-state index contributed by atoms with van der Waals surface area (Å²) in [6, 6.07) is -2.77. The third kappa shape index (κ3) is 27.0. The normalized spacial score (nSPS) is 36.1. The van der Waals surface area contributed by atoms with Crippen LogP contribution in [0.25, 0.3) is 0 Å². The van der Waals surface area contributed by atoms with Crippen molar-refractivity contribution < 1.29 is 139 Å². The predicted molar refractivity (Wildman–Crippen MR) is 350 cm³/mol. The quantitative estimate of drug-likeness (QED) is 0.0272. The lowest BCUT2D eigenvalue weighted by Crippen LogP contribution is -2.70. The van der Waals surface area contributed by atoms with Gasteiger partial charge in [-0.05, 0) is 19.3 Å². The Balaban J connectivity index is 1.21. The van der Waals surface area contributed by atoms with E-state index in [0.717, 1.165) is 58.3 Å². The smallest absolute Gasteiger partial charge is 0.220 e. The lowest BCUT2D eigenvalue weighted by atomic mass is 9.94. The van der Waals surface area contributed by atoms with E-state index in [2.05, 4.69) is 24.5 Å². The Hall–Kier alpha value is -2.36. The highest BCUT2D eigenvalue weighted by Gasteiger charge is 2.57. The Bertz CT molecular complexity index is 2150. The first-order valence-corrected chi connectivity index (χ1v) is 36.5. The first kappa shape index (κ1) is 86.3. The van der Waals surface area contributed by atoms with Crippen molar-refractivity contribution in [1.82, 2.24) is 10.6 Å². The van der Waals surface area contributed by atoms with E-state index in [4.69, 9.17) is 47.4 Å². The van der Waals surface area contributed by atoms with Crippen molar-refractivity contribution in [2.24, 2.45) is 0 Å². The van der Waals surface area contributed by atoms with Gasteiger partial charge in [0.05, 0.1) is 51.8 Å². The van der Waals surface area contributed by atoms with E-state index >= 15 is 0 Å². The van der Waals surface area contributed by atoms with Gasteiger partial charge >= 0.3 is 0 Å². The highest BCUT2D eigenvalue weighted by molar-refractivity contribution is 5.76. The number of allylic oxidation sites excluding steroid dienone is 1. The standard InChI is InChI=1S/C68H124N2O28/c1-4-6-8-10-12-14-16-18-19-21-23-25-27-29-31-33-48(78)70-41(42(77)32-30-28-26-24-22-20-17-15-13-11-9-7-5-2)39-89-65-57(86)55(84)61(47(38-75)94-65)96-67-59(88)63(52(81)45(36-73)91-67)98-68-58(87)62(51(80)44(35-72)92-68)97-64-49(69-40(3)76)53(82)60(46(37-74)93-64)95-66-56(85)54(83)50(79)43(34-71)90-66/h30,32,41-47,49-68,71-75,77,79-88H,4-29,31,33-39H2,1-3H3,(H,69,76)(H,70,78)/b32-30+/t41-,42+,43?,44?,45?,46?,47?,49?,50-,51-,52-,53+,54-,55+,56?,57?,58?,59?,60+,61+,62-,63-,64-,65+,66-,67-,68+/m0/s1. The molecule has 574 valence electrons. The number of hydrogen-bond acceptors (Lipinski definition) is 28. The molecule has 5 fully saturated rings. The molecule has 0 aromatic rings. The average Bonchev–Trinajstić information content (AvgIpc) is 0.778. The van der Waals surface area contributed by atoms with Crippen LogP contribution in [0.15, 0.2) is 12.2 Å². The van der Waals surface area contributed by atoms with E-state index in [1.807, 2.05) is 6.08 Å². The minimum absolute atomic E-state index is 0.192. The Morgan fingerprint density at radius 3 is 1.19 bits per heavy atom. The van der Waals surface area contributed by atoms with E-state index in [9.17, 15) is 91.3 Å². The lowest BCUT2D eigenvalue weighted by Gasteiger charge is -2.50. The Kier molecular flexibility index (Phi) is 41.5. The predicted octanol–water partition coefficient (Wildman–Crippen LogP) is -0.392. The zero-order chi connectivity index (χ0) is 71.7. The van der Waals surface area contributed by atoms with Gasteiger partial charge in [0, 0.05) is 13.3 Å². The average molecular weight is 1420 g/mol. The van der Waals surface area contributed by atoms with Crippen molar-refractivity contribution in [3.63, 3.8) is 0 Å². The molecule has 5 heterocycles. The molecule has 0 spiro atoms. The van der Waals surface area contributed by atoms with Crippen molar-refractivity contribution in [1.29, 1.82) is 0 Å². The number of nitrogens with one attached hydrogen (secondary N) is 2. The molecule has 27 atom stereocenters. The molecule has 5 aliphatic rings. The summed E-state index contributed by atoms with van der Waals surface area (Å²) in [5.41, 5.74) is 0. The summed E-state index contributed by atoms with van der Waals surface area (Å²) in [6.45, 7) is 0.332. The number of unbranched alkanes of at least 4 members (excludes halogenated alkanes) is 25. The summed E-state index contributed by atoms with van der Waals surface area (Å²) in [7, 11) is 0. The molecular weight excluding hydrogens is 1290 g/mol. The SMILES string of the molecule is CCCCCCCCCCCCC/C=C/[C@@H](O)[C@H](CO[C@@H]1OC(CO)[C@@H](O[C@@H]2OC(CO)[C@H](O)[C@H](O[C@H]3OC(CO)[C@H](O)[C@H](O[C@@H]4OC(CO)[C@@H](O[C@@H]5OC(CO)[C@H](O)[C@H](O)C5O)[C@H](O)C4NC(C)=O)C3O)C2O)[C@H](O)C1O)NC(=O)CCCCCCCCCCCCCCCCC. The Morgan fingerprint density at radius 2 is 0.755 bits per heavy atom. The molecule has 0 saturated carbocycles. The molecule has 2 amide bonds. The van der Waals surface area contributed by atoms with Crippen LogP contribution in [-0.4, -0.2) is 299 Å². The zero-order valence-corrected chi connectivity index (χ0v) is 57.8. The van der Waals surface area contributed by atoms with Gasteiger partial charge in [-0.1, -0.05) is 180 Å². The van der Waals surface area contributed by atoms with Gasteiger partial charge in [-0.2, -0.15) is 0 Å². The third-order valence-electron chi connectivity index (χ3n) is 19.2. The Morgan fingerprint density at radius 1 is 0.398 bits per heavy atom. The first-order chi connectivity index (χ1) is 47.2. The number of amides is 2. The molecule has 18 N–H and O–H groups in total. The van der Waals surface area contributed by atoms with Crippen molar-refractivity contribution in [2.75, 3.05) is 39.6 Å². The van der Waals surface area contributed by atoms with Crippen molar-refractivity contribution in [2.45, 2.75) is 366 Å². The number of ether oxygens (including phenoxy) is 10. The van der Waals surface area contributed by atoms with Crippen LogP contribution in [0.1, 0.15) is 201 Å². The maximum atomic E-state index is 13.5. The molecule has 98 heavy (non-hydrogen) atoms. The molecule has 0 radical (unpaired) electrons. The summed E-state index contributed by atoms with van der Waals surface area (Å²) in [5.74, 6) is -1.14. The molecule has 0 aromatic carbocycles. The topological polar surface area (TPSA) is 474 Å². The summed E-state index contributed by atoms with van der Waals surface area (Å²) < 4.78 is 58.3. The third-order valence-corrected chi connectivity index (χ3v) is 19.2. The van der Waals surface area contributed by atoms with E-state index in [1.54, 1.807) is 6.08 Å². The van der Waals surface area contributed by atoms with Crippen LogP contribution in [0, 0.1) is 0 Å². The van der Waals surface area contributed by atoms with Crippen LogP contribution >= 0.6 is 0 Å². The fourth-order valence-electron chi connectivity index (χ4n) is 13.2. The van der Waals surface area contributed by atoms with Gasteiger partial charge in [-0.3, -0.25) is 9.59 Å². The summed E-state index contributed by atoms with van der Waals surface area (Å²) in [6.07, 6.45) is -11.6. The second-order valence-electron chi connectivity index (χ2n) is 27.1. The second-order valence-corrected chi connectivity index (χ2v) is 27.1. The summed E-state index contributed by atoms with van der Waals surface area (Å²) >= 11 is 0. The van der Waals surface area contributed by atoms with Gasteiger partial charge in [0.15, 0.2) is 31.5 Å². The summed E-state index contributed by atoms with van der Waals surface area (Å²) in [5, 5.41) is 181. The Labute approximate surface area is 577 Å². The van der Waals surface area contributed by atoms with Crippen LogP contribution in [0.3, 0.4) is 0 Å². The summed E-state index contributed by atoms with van der Waals surface area (Å²) in [4.78, 5) is 26.0. The first-order valence-electron chi connectivity index (χ1n) is 36.5. The molecule has 5 aliphatic heterocycles. The van der Waals surface area contributed by atoms with E-state index < -0.39 is 211 Å². The van der Waals surface area contributed by atoms with Crippen LogP contribution in [0.4, 0.5) is 0 Å². The highest BCUT2D eigenvalue weighted by atomic mass is 16.8. The van der Waals surface area contributed by atoms with Crippen LogP contribution in [0.5, 0.6) is 0 Å². The van der Waals surface area contributed by atoms with Crippen LogP contribution < -0.4 is 10.6 Å². The maximum Gasteiger partial charge on any atom is 0.220 e. The molecule has 30 nitrogen and oxygen atoms in total. The molecule has 5 saturated heterocycles.